The van der Waals surface area contributed by atoms with E-state index in [1.165, 1.54) is 6.92 Å². The minimum Gasteiger partial charge on any atom is -0.480 e. The second-order valence-corrected chi connectivity index (χ2v) is 4.20. The lowest BCUT2D eigenvalue weighted by molar-refractivity contribution is -0.440. The average Bonchev–Trinajstić information content (AvgIpc) is 2.19. The Kier molecular flexibility index (Phi) is 3.24. The third-order valence-electron chi connectivity index (χ3n) is 3.13. The van der Waals surface area contributed by atoms with Crippen LogP contribution in [0.3, 0.4) is 0 Å². The smallest absolute Gasteiger partial charge is 0.416 e. The molecule has 5 nitrogen and oxygen atoms in total. The number of nitro groups is 1. The number of halogens is 3. The monoisotopic (exact) mass is 265 g/mol. The summed E-state index contributed by atoms with van der Waals surface area (Å²) in [6.45, 7) is 2.24. The van der Waals surface area contributed by atoms with Gasteiger partial charge in [0, 0.05) is 12.0 Å². The molecule has 1 N–H and O–H groups in total. The topological polar surface area (TPSA) is 80.4 Å². The van der Waals surface area contributed by atoms with Gasteiger partial charge in [-0.25, -0.2) is 0 Å². The maximum atomic E-state index is 12.5. The van der Waals surface area contributed by atoms with Crippen LogP contribution in [0.5, 0.6) is 0 Å². The summed E-state index contributed by atoms with van der Waals surface area (Å²) in [5.41, 5.74) is -4.13. The molecule has 0 aromatic rings. The first kappa shape index (κ1) is 14.2. The molecule has 1 aliphatic rings. The maximum Gasteiger partial charge on any atom is 0.416 e. The molecule has 0 amide bonds. The number of aliphatic carboxylic acids is 1. The van der Waals surface area contributed by atoms with Gasteiger partial charge in [-0.3, -0.25) is 14.9 Å². The molecule has 0 bridgehead atoms. The van der Waals surface area contributed by atoms with Crippen LogP contribution < -0.4 is 0 Å². The molecule has 0 aromatic heterocycles. The quantitative estimate of drug-likeness (QED) is 0.614. The highest BCUT2D eigenvalue weighted by atomic mass is 19.4. The zero-order chi connectivity index (χ0) is 14.3. The minimum absolute atomic E-state index is 0.286. The largest absolute Gasteiger partial charge is 0.480 e. The van der Waals surface area contributed by atoms with Crippen LogP contribution in [0.4, 0.5) is 13.2 Å². The number of allylic oxidation sites excluding steroid dienone is 3. The van der Waals surface area contributed by atoms with Crippen molar-refractivity contribution in [2.45, 2.75) is 20.0 Å². The second kappa shape index (κ2) is 4.11. The highest BCUT2D eigenvalue weighted by Gasteiger charge is 2.53. The number of nitrogens with zero attached hydrogens (tertiary/aromatic N) is 1. The molecule has 1 rings (SSSR count). The van der Waals surface area contributed by atoms with Crippen molar-refractivity contribution in [2.24, 2.45) is 11.3 Å². The lowest BCUT2D eigenvalue weighted by Crippen LogP contribution is -2.41. The van der Waals surface area contributed by atoms with Gasteiger partial charge in [-0.2, -0.15) is 13.2 Å². The Labute approximate surface area is 99.7 Å². The van der Waals surface area contributed by atoms with Crippen LogP contribution in [0, 0.1) is 21.4 Å². The lowest BCUT2D eigenvalue weighted by Gasteiger charge is -2.30. The first-order valence-electron chi connectivity index (χ1n) is 4.90. The van der Waals surface area contributed by atoms with E-state index < -0.39 is 39.7 Å². The summed E-state index contributed by atoms with van der Waals surface area (Å²) in [7, 11) is 0. The third-order valence-corrected chi connectivity index (χ3v) is 3.13. The van der Waals surface area contributed by atoms with Gasteiger partial charge >= 0.3 is 12.1 Å². The molecule has 0 radical (unpaired) electrons. The zero-order valence-corrected chi connectivity index (χ0v) is 9.49. The predicted molar refractivity (Wildman–Crippen MR) is 54.1 cm³/mol. The first-order valence-corrected chi connectivity index (χ1v) is 4.90. The molecule has 0 saturated heterocycles. The SMILES string of the molecule is CC1C=C(C(F)(F)F)C=C([N+](=O)[O-])C1(C)C(=O)O. The highest BCUT2D eigenvalue weighted by Crippen LogP contribution is 2.44. The molecule has 0 spiro atoms. The summed E-state index contributed by atoms with van der Waals surface area (Å²) in [5, 5.41) is 19.8. The van der Waals surface area contributed by atoms with Crippen LogP contribution in [0.25, 0.3) is 0 Å². The van der Waals surface area contributed by atoms with Crippen molar-refractivity contribution in [1.29, 1.82) is 0 Å². The van der Waals surface area contributed by atoms with Gasteiger partial charge in [-0.1, -0.05) is 13.0 Å². The van der Waals surface area contributed by atoms with E-state index in [9.17, 15) is 28.1 Å². The molecule has 0 fully saturated rings. The normalized spacial score (nSPS) is 28.4. The lowest BCUT2D eigenvalue weighted by atomic mass is 9.71. The highest BCUT2D eigenvalue weighted by molar-refractivity contribution is 5.79. The summed E-state index contributed by atoms with van der Waals surface area (Å²) in [6.07, 6.45) is -3.76. The molecule has 0 heterocycles. The van der Waals surface area contributed by atoms with Gasteiger partial charge in [-0.15, -0.1) is 0 Å². The molecule has 0 aromatic carbocycles. The first-order chi connectivity index (χ1) is 8.01. The molecule has 18 heavy (non-hydrogen) atoms. The Hall–Kier alpha value is -1.86. The van der Waals surface area contributed by atoms with Crippen LogP contribution in [-0.4, -0.2) is 22.2 Å². The summed E-state index contributed by atoms with van der Waals surface area (Å²) in [6, 6.07) is 0. The number of alkyl halides is 3. The Morgan fingerprint density at radius 3 is 2.39 bits per heavy atom. The number of hydrogen-bond acceptors (Lipinski definition) is 3. The molecule has 0 saturated carbocycles. The van der Waals surface area contributed by atoms with Crippen molar-refractivity contribution < 1.29 is 28.0 Å². The van der Waals surface area contributed by atoms with E-state index in [-0.39, 0.29) is 6.08 Å². The fourth-order valence-electron chi connectivity index (χ4n) is 1.74. The van der Waals surface area contributed by atoms with Crippen LogP contribution in [-0.2, 0) is 4.79 Å². The molecule has 0 aliphatic heterocycles. The predicted octanol–water partition coefficient (Wildman–Crippen LogP) is 2.38. The third kappa shape index (κ3) is 2.09. The molecule has 100 valence electrons. The fourth-order valence-corrected chi connectivity index (χ4v) is 1.74. The molecule has 2 atom stereocenters. The Morgan fingerprint density at radius 2 is 2.06 bits per heavy atom. The molecule has 1 aliphatic carbocycles. The molecular weight excluding hydrogens is 255 g/mol. The zero-order valence-electron chi connectivity index (χ0n) is 9.49. The van der Waals surface area contributed by atoms with Crippen LogP contribution in [0.15, 0.2) is 23.4 Å². The average molecular weight is 265 g/mol. The van der Waals surface area contributed by atoms with Crippen molar-refractivity contribution in [2.75, 3.05) is 0 Å². The standard InChI is InChI=1S/C10H10F3NO4/c1-5-3-6(10(11,12)13)4-7(14(17)18)9(5,2)8(15)16/h3-5H,1-2H3,(H,15,16). The molecule has 2 unspecified atom stereocenters. The summed E-state index contributed by atoms with van der Waals surface area (Å²) in [5.74, 6) is -2.67. The van der Waals surface area contributed by atoms with Gasteiger partial charge in [0.25, 0.3) is 5.70 Å². The van der Waals surface area contributed by atoms with Crippen molar-refractivity contribution in [3.63, 3.8) is 0 Å². The second-order valence-electron chi connectivity index (χ2n) is 4.20. The van der Waals surface area contributed by atoms with Crippen molar-refractivity contribution in [1.82, 2.24) is 0 Å². The van der Waals surface area contributed by atoms with Gasteiger partial charge < -0.3 is 5.11 Å². The van der Waals surface area contributed by atoms with E-state index in [2.05, 4.69) is 0 Å². The van der Waals surface area contributed by atoms with Gasteiger partial charge in [0.05, 0.1) is 10.5 Å². The number of hydrogen-bond donors (Lipinski definition) is 1. The summed E-state index contributed by atoms with van der Waals surface area (Å²) < 4.78 is 37.6. The van der Waals surface area contributed by atoms with E-state index in [4.69, 9.17) is 5.11 Å². The number of carboxylic acid groups (broad SMARTS) is 1. The van der Waals surface area contributed by atoms with E-state index in [1.54, 1.807) is 0 Å². The Morgan fingerprint density at radius 1 is 1.56 bits per heavy atom. The molecular formula is C10H10F3NO4. The van der Waals surface area contributed by atoms with Gasteiger partial charge in [0.15, 0.2) is 5.41 Å². The number of rotatable bonds is 2. The van der Waals surface area contributed by atoms with E-state index in [0.717, 1.165) is 6.92 Å². The maximum absolute atomic E-state index is 12.5. The van der Waals surface area contributed by atoms with E-state index in [0.29, 0.717) is 6.08 Å². The van der Waals surface area contributed by atoms with Crippen LogP contribution in [0.2, 0.25) is 0 Å². The van der Waals surface area contributed by atoms with Crippen molar-refractivity contribution in [3.05, 3.63) is 33.5 Å². The van der Waals surface area contributed by atoms with Gasteiger partial charge in [0.1, 0.15) is 0 Å². The van der Waals surface area contributed by atoms with Crippen molar-refractivity contribution >= 4 is 5.97 Å². The Balaban J connectivity index is 3.43. The Bertz CT molecular complexity index is 466. The number of carboxylic acids is 1. The van der Waals surface area contributed by atoms with Crippen LogP contribution >= 0.6 is 0 Å². The van der Waals surface area contributed by atoms with Crippen molar-refractivity contribution in [3.8, 4) is 0 Å². The fraction of sp³-hybridized carbons (Fsp3) is 0.500. The minimum atomic E-state index is -4.74. The summed E-state index contributed by atoms with van der Waals surface area (Å²) in [4.78, 5) is 20.8. The van der Waals surface area contributed by atoms with E-state index in [1.807, 2.05) is 0 Å². The van der Waals surface area contributed by atoms with Gasteiger partial charge in [0.2, 0.25) is 0 Å². The number of carbonyl (C=O) groups is 1. The van der Waals surface area contributed by atoms with E-state index >= 15 is 0 Å². The van der Waals surface area contributed by atoms with Crippen LogP contribution in [0.1, 0.15) is 13.8 Å². The van der Waals surface area contributed by atoms with Gasteiger partial charge in [-0.05, 0) is 6.92 Å². The molecule has 8 heteroatoms. The summed E-state index contributed by atoms with van der Waals surface area (Å²) >= 11 is 0.